The molecule has 0 spiro atoms. The maximum Gasteiger partial charge on any atom is 0.223 e. The summed E-state index contributed by atoms with van der Waals surface area (Å²) < 4.78 is 5.33. The van der Waals surface area contributed by atoms with Crippen molar-refractivity contribution in [2.45, 2.75) is 25.9 Å². The Hall–Kier alpha value is -1.01. The second kappa shape index (κ2) is 4.88. The van der Waals surface area contributed by atoms with Gasteiger partial charge in [0.25, 0.3) is 0 Å². The lowest BCUT2D eigenvalue weighted by molar-refractivity contribution is -0.138. The second-order valence-electron chi connectivity index (χ2n) is 3.23. The summed E-state index contributed by atoms with van der Waals surface area (Å²) in [6, 6.07) is 0. The minimum atomic E-state index is 0.146. The van der Waals surface area contributed by atoms with Crippen molar-refractivity contribution < 1.29 is 9.53 Å². The molecule has 0 saturated carbocycles. The van der Waals surface area contributed by atoms with Gasteiger partial charge in [-0.3, -0.25) is 4.79 Å². The van der Waals surface area contributed by atoms with E-state index in [0.717, 1.165) is 0 Å². The van der Waals surface area contributed by atoms with E-state index in [-0.39, 0.29) is 12.0 Å². The van der Waals surface area contributed by atoms with Crippen LogP contribution in [0, 0.1) is 12.3 Å². The van der Waals surface area contributed by atoms with Crippen molar-refractivity contribution in [2.75, 3.05) is 19.7 Å². The van der Waals surface area contributed by atoms with Crippen molar-refractivity contribution in [1.82, 2.24) is 4.90 Å². The third-order valence-electron chi connectivity index (χ3n) is 2.08. The van der Waals surface area contributed by atoms with Crippen LogP contribution in [0.1, 0.15) is 19.8 Å². The largest absolute Gasteiger partial charge is 0.375 e. The summed E-state index contributed by atoms with van der Waals surface area (Å²) in [7, 11) is 0. The zero-order chi connectivity index (χ0) is 9.68. The van der Waals surface area contributed by atoms with Crippen LogP contribution >= 0.6 is 0 Å². The standard InChI is InChI=1S/C10H15NO2/c1-3-4-5-10(12)11-6-7-13-9(2)8-11/h1,9H,4-8H2,2H3. The highest BCUT2D eigenvalue weighted by molar-refractivity contribution is 5.76. The highest BCUT2D eigenvalue weighted by Crippen LogP contribution is 2.06. The fourth-order valence-electron chi connectivity index (χ4n) is 1.38. The lowest BCUT2D eigenvalue weighted by atomic mass is 10.2. The Morgan fingerprint density at radius 1 is 1.77 bits per heavy atom. The van der Waals surface area contributed by atoms with Crippen LogP contribution in [0.4, 0.5) is 0 Å². The molecule has 1 aliphatic rings. The SMILES string of the molecule is C#CCCC(=O)N1CCOC(C)C1. The van der Waals surface area contributed by atoms with E-state index < -0.39 is 0 Å². The molecule has 0 radical (unpaired) electrons. The molecule has 1 amide bonds. The van der Waals surface area contributed by atoms with Crippen LogP contribution in [0.25, 0.3) is 0 Å². The molecule has 0 aliphatic carbocycles. The fraction of sp³-hybridized carbons (Fsp3) is 0.700. The van der Waals surface area contributed by atoms with Crippen molar-refractivity contribution >= 4 is 5.91 Å². The van der Waals surface area contributed by atoms with E-state index in [1.165, 1.54) is 0 Å². The number of ether oxygens (including phenoxy) is 1. The van der Waals surface area contributed by atoms with Crippen molar-refractivity contribution in [2.24, 2.45) is 0 Å². The van der Waals surface area contributed by atoms with Gasteiger partial charge in [-0.05, 0) is 6.92 Å². The lowest BCUT2D eigenvalue weighted by Crippen LogP contribution is -2.44. The van der Waals surface area contributed by atoms with Crippen LogP contribution in [0.2, 0.25) is 0 Å². The Balaban J connectivity index is 2.33. The number of amides is 1. The molecule has 0 aromatic carbocycles. The lowest BCUT2D eigenvalue weighted by Gasteiger charge is -2.31. The molecule has 1 unspecified atom stereocenters. The van der Waals surface area contributed by atoms with Crippen LogP contribution in [0.5, 0.6) is 0 Å². The van der Waals surface area contributed by atoms with Crippen LogP contribution in [-0.4, -0.2) is 36.6 Å². The van der Waals surface area contributed by atoms with E-state index in [1.54, 1.807) is 0 Å². The molecule has 72 valence electrons. The van der Waals surface area contributed by atoms with Gasteiger partial charge < -0.3 is 9.64 Å². The van der Waals surface area contributed by atoms with Crippen molar-refractivity contribution in [1.29, 1.82) is 0 Å². The maximum absolute atomic E-state index is 11.5. The first-order valence-corrected chi connectivity index (χ1v) is 4.57. The fourth-order valence-corrected chi connectivity index (χ4v) is 1.38. The van der Waals surface area contributed by atoms with E-state index in [9.17, 15) is 4.79 Å². The van der Waals surface area contributed by atoms with E-state index in [2.05, 4.69) is 5.92 Å². The molecular formula is C10H15NO2. The molecule has 3 nitrogen and oxygen atoms in total. The summed E-state index contributed by atoms with van der Waals surface area (Å²) >= 11 is 0. The summed E-state index contributed by atoms with van der Waals surface area (Å²) in [5.74, 6) is 2.62. The Morgan fingerprint density at radius 3 is 3.15 bits per heavy atom. The van der Waals surface area contributed by atoms with E-state index in [1.807, 2.05) is 11.8 Å². The third-order valence-corrected chi connectivity index (χ3v) is 2.08. The monoisotopic (exact) mass is 181 g/mol. The van der Waals surface area contributed by atoms with Gasteiger partial charge in [0.2, 0.25) is 5.91 Å². The molecule has 0 aromatic rings. The first-order valence-electron chi connectivity index (χ1n) is 4.57. The van der Waals surface area contributed by atoms with Gasteiger partial charge in [0.1, 0.15) is 0 Å². The van der Waals surface area contributed by atoms with Gasteiger partial charge in [0.15, 0.2) is 0 Å². The predicted octanol–water partition coefficient (Wildman–Crippen LogP) is 0.647. The number of morpholine rings is 1. The Kier molecular flexibility index (Phi) is 3.78. The van der Waals surface area contributed by atoms with Crippen LogP contribution in [-0.2, 0) is 9.53 Å². The van der Waals surface area contributed by atoms with Crippen molar-refractivity contribution in [3.8, 4) is 12.3 Å². The van der Waals surface area contributed by atoms with Crippen LogP contribution < -0.4 is 0 Å². The minimum Gasteiger partial charge on any atom is -0.375 e. The Morgan fingerprint density at radius 2 is 2.54 bits per heavy atom. The van der Waals surface area contributed by atoms with Gasteiger partial charge in [-0.1, -0.05) is 0 Å². The van der Waals surface area contributed by atoms with Crippen molar-refractivity contribution in [3.05, 3.63) is 0 Å². The smallest absolute Gasteiger partial charge is 0.223 e. The molecule has 1 aliphatic heterocycles. The summed E-state index contributed by atoms with van der Waals surface area (Å²) in [5.41, 5.74) is 0. The number of carbonyl (C=O) groups is 1. The average molecular weight is 181 g/mol. The molecule has 1 fully saturated rings. The van der Waals surface area contributed by atoms with Gasteiger partial charge >= 0.3 is 0 Å². The first kappa shape index (κ1) is 10.1. The number of rotatable bonds is 2. The summed E-state index contributed by atoms with van der Waals surface area (Å²) in [6.07, 6.45) is 6.24. The molecule has 0 bridgehead atoms. The highest BCUT2D eigenvalue weighted by atomic mass is 16.5. The normalized spacial score (nSPS) is 22.5. The molecule has 3 heteroatoms. The quantitative estimate of drug-likeness (QED) is 0.585. The number of nitrogens with zero attached hydrogens (tertiary/aromatic N) is 1. The molecule has 1 atom stereocenters. The summed E-state index contributed by atoms with van der Waals surface area (Å²) in [6.45, 7) is 4.01. The average Bonchev–Trinajstić information content (AvgIpc) is 2.14. The predicted molar refractivity (Wildman–Crippen MR) is 50.1 cm³/mol. The van der Waals surface area contributed by atoms with Crippen molar-refractivity contribution in [3.63, 3.8) is 0 Å². The van der Waals surface area contributed by atoms with Crippen LogP contribution in [0.15, 0.2) is 0 Å². The molecule has 0 N–H and O–H groups in total. The van der Waals surface area contributed by atoms with Crippen LogP contribution in [0.3, 0.4) is 0 Å². The van der Waals surface area contributed by atoms with Gasteiger partial charge in [0, 0.05) is 25.9 Å². The third kappa shape index (κ3) is 3.08. The summed E-state index contributed by atoms with van der Waals surface area (Å²) in [4.78, 5) is 13.3. The molecule has 1 saturated heterocycles. The van der Waals surface area contributed by atoms with Gasteiger partial charge in [0.05, 0.1) is 12.7 Å². The zero-order valence-electron chi connectivity index (χ0n) is 7.95. The van der Waals surface area contributed by atoms with Gasteiger partial charge in [-0.25, -0.2) is 0 Å². The minimum absolute atomic E-state index is 0.146. The van der Waals surface area contributed by atoms with Gasteiger partial charge in [-0.2, -0.15) is 0 Å². The number of terminal acetylenes is 1. The van der Waals surface area contributed by atoms with Gasteiger partial charge in [-0.15, -0.1) is 12.3 Å². The Labute approximate surface area is 79.1 Å². The van der Waals surface area contributed by atoms with E-state index >= 15 is 0 Å². The highest BCUT2D eigenvalue weighted by Gasteiger charge is 2.20. The molecular weight excluding hydrogens is 166 g/mol. The van der Waals surface area contributed by atoms with E-state index in [4.69, 9.17) is 11.2 Å². The molecule has 1 rings (SSSR count). The number of hydrogen-bond acceptors (Lipinski definition) is 2. The second-order valence-corrected chi connectivity index (χ2v) is 3.23. The Bertz CT molecular complexity index is 219. The number of carbonyl (C=O) groups excluding carboxylic acids is 1. The molecule has 13 heavy (non-hydrogen) atoms. The maximum atomic E-state index is 11.5. The first-order chi connectivity index (χ1) is 6.24. The number of hydrogen-bond donors (Lipinski definition) is 0. The zero-order valence-corrected chi connectivity index (χ0v) is 7.95. The summed E-state index contributed by atoms with van der Waals surface area (Å²) in [5, 5.41) is 0. The van der Waals surface area contributed by atoms with E-state index in [0.29, 0.717) is 32.5 Å². The molecule has 1 heterocycles. The topological polar surface area (TPSA) is 29.5 Å². The molecule has 0 aromatic heterocycles.